The van der Waals surface area contributed by atoms with Crippen molar-refractivity contribution < 1.29 is 0 Å². The minimum absolute atomic E-state index is 0.755. The molecule has 1 atom stereocenters. The summed E-state index contributed by atoms with van der Waals surface area (Å²) < 4.78 is 0. The lowest BCUT2D eigenvalue weighted by Gasteiger charge is -2.39. The molecule has 2 aliphatic rings. The molecule has 2 aliphatic heterocycles. The third-order valence-corrected chi connectivity index (χ3v) is 4.10. The molecule has 3 heteroatoms. The predicted octanol–water partition coefficient (Wildman–Crippen LogP) is 2.62. The van der Waals surface area contributed by atoms with Gasteiger partial charge in [-0.1, -0.05) is 23.7 Å². The zero-order valence-electron chi connectivity index (χ0n) is 9.40. The minimum Gasteiger partial charge on any atom is -0.367 e. The molecule has 0 aliphatic carbocycles. The maximum Gasteiger partial charge on any atom is 0.0639 e. The fourth-order valence-corrected chi connectivity index (χ4v) is 3.17. The monoisotopic (exact) mass is 236 g/mol. The van der Waals surface area contributed by atoms with Crippen LogP contribution < -0.4 is 4.90 Å². The first-order chi connectivity index (χ1) is 7.84. The first kappa shape index (κ1) is 10.4. The van der Waals surface area contributed by atoms with Gasteiger partial charge in [-0.3, -0.25) is 4.90 Å². The van der Waals surface area contributed by atoms with Crippen molar-refractivity contribution in [3.63, 3.8) is 0 Å². The van der Waals surface area contributed by atoms with Crippen molar-refractivity contribution in [2.24, 2.45) is 0 Å². The number of halogens is 1. The van der Waals surface area contributed by atoms with E-state index in [0.29, 0.717) is 0 Å². The Morgan fingerprint density at radius 3 is 2.88 bits per heavy atom. The van der Waals surface area contributed by atoms with Gasteiger partial charge in [0, 0.05) is 25.7 Å². The Balaban J connectivity index is 1.79. The largest absolute Gasteiger partial charge is 0.367 e. The summed E-state index contributed by atoms with van der Waals surface area (Å²) in [5.41, 5.74) is 1.20. The van der Waals surface area contributed by atoms with Gasteiger partial charge in [-0.25, -0.2) is 0 Å². The standard InChI is InChI=1S/C13H17ClN2/c14-12-5-1-2-6-13(12)16-9-8-15-7-3-4-11(15)10-16/h1-2,5-6,11H,3-4,7-10H2. The smallest absolute Gasteiger partial charge is 0.0639 e. The second kappa shape index (κ2) is 4.27. The average Bonchev–Trinajstić information content (AvgIpc) is 2.76. The molecule has 1 aromatic rings. The highest BCUT2D eigenvalue weighted by molar-refractivity contribution is 6.33. The third-order valence-electron chi connectivity index (χ3n) is 3.78. The lowest BCUT2D eigenvalue weighted by atomic mass is 10.1. The number of hydrogen-bond donors (Lipinski definition) is 0. The molecular weight excluding hydrogens is 220 g/mol. The van der Waals surface area contributed by atoms with Crippen molar-refractivity contribution in [1.82, 2.24) is 4.90 Å². The van der Waals surface area contributed by atoms with Crippen LogP contribution in [0.2, 0.25) is 5.02 Å². The molecule has 2 heterocycles. The molecule has 3 rings (SSSR count). The normalized spacial score (nSPS) is 25.8. The Kier molecular flexibility index (Phi) is 2.78. The molecule has 2 nitrogen and oxygen atoms in total. The van der Waals surface area contributed by atoms with Crippen LogP contribution in [0.15, 0.2) is 24.3 Å². The first-order valence-corrected chi connectivity index (χ1v) is 6.46. The van der Waals surface area contributed by atoms with Crippen molar-refractivity contribution in [2.45, 2.75) is 18.9 Å². The van der Waals surface area contributed by atoms with E-state index < -0.39 is 0 Å². The number of para-hydroxylation sites is 1. The Morgan fingerprint density at radius 2 is 2.00 bits per heavy atom. The molecule has 0 radical (unpaired) electrons. The van der Waals surface area contributed by atoms with Crippen LogP contribution in [0.4, 0.5) is 5.69 Å². The van der Waals surface area contributed by atoms with Crippen LogP contribution in [0.3, 0.4) is 0 Å². The molecule has 0 aromatic heterocycles. The number of benzene rings is 1. The van der Waals surface area contributed by atoms with E-state index in [-0.39, 0.29) is 0 Å². The maximum absolute atomic E-state index is 6.25. The van der Waals surface area contributed by atoms with E-state index in [0.717, 1.165) is 24.2 Å². The van der Waals surface area contributed by atoms with Gasteiger partial charge in [0.1, 0.15) is 0 Å². The van der Waals surface area contributed by atoms with Crippen LogP contribution in [-0.2, 0) is 0 Å². The van der Waals surface area contributed by atoms with Gasteiger partial charge >= 0.3 is 0 Å². The van der Waals surface area contributed by atoms with Crippen molar-refractivity contribution in [3.8, 4) is 0 Å². The lowest BCUT2D eigenvalue weighted by molar-refractivity contribution is 0.231. The van der Waals surface area contributed by atoms with Crippen molar-refractivity contribution in [1.29, 1.82) is 0 Å². The lowest BCUT2D eigenvalue weighted by Crippen LogP contribution is -2.50. The van der Waals surface area contributed by atoms with Gasteiger partial charge in [0.25, 0.3) is 0 Å². The van der Waals surface area contributed by atoms with Crippen molar-refractivity contribution >= 4 is 17.3 Å². The number of hydrogen-bond acceptors (Lipinski definition) is 2. The Hall–Kier alpha value is -0.730. The molecule has 1 aromatic carbocycles. The second-order valence-corrected chi connectivity index (χ2v) is 5.14. The summed E-state index contributed by atoms with van der Waals surface area (Å²) in [4.78, 5) is 5.06. The summed E-state index contributed by atoms with van der Waals surface area (Å²) in [6.45, 7) is 4.74. The van der Waals surface area contributed by atoms with E-state index in [1.54, 1.807) is 0 Å². The maximum atomic E-state index is 6.25. The molecular formula is C13H17ClN2. The molecule has 2 saturated heterocycles. The number of fused-ring (bicyclic) bond motifs is 1. The molecule has 0 spiro atoms. The van der Waals surface area contributed by atoms with Crippen LogP contribution in [0.25, 0.3) is 0 Å². The highest BCUT2D eigenvalue weighted by Crippen LogP contribution is 2.29. The summed E-state index contributed by atoms with van der Waals surface area (Å²) in [6, 6.07) is 8.94. The average molecular weight is 237 g/mol. The van der Waals surface area contributed by atoms with Crippen molar-refractivity contribution in [2.75, 3.05) is 31.1 Å². The van der Waals surface area contributed by atoms with Gasteiger partial charge in [0.2, 0.25) is 0 Å². The third kappa shape index (κ3) is 1.80. The van der Waals surface area contributed by atoms with Gasteiger partial charge in [-0.2, -0.15) is 0 Å². The molecule has 0 amide bonds. The first-order valence-electron chi connectivity index (χ1n) is 6.08. The fraction of sp³-hybridized carbons (Fsp3) is 0.538. The van der Waals surface area contributed by atoms with E-state index in [9.17, 15) is 0 Å². The van der Waals surface area contributed by atoms with Crippen LogP contribution in [0.5, 0.6) is 0 Å². The van der Waals surface area contributed by atoms with E-state index in [2.05, 4.69) is 21.9 Å². The topological polar surface area (TPSA) is 6.48 Å². The SMILES string of the molecule is Clc1ccccc1N1CCN2CCCC2C1. The summed E-state index contributed by atoms with van der Waals surface area (Å²) in [5, 5.41) is 0.883. The molecule has 0 N–H and O–H groups in total. The van der Waals surface area contributed by atoms with E-state index >= 15 is 0 Å². The number of rotatable bonds is 1. The highest BCUT2D eigenvalue weighted by Gasteiger charge is 2.30. The summed E-state index contributed by atoms with van der Waals surface area (Å²) in [5.74, 6) is 0. The van der Waals surface area contributed by atoms with Crippen LogP contribution in [-0.4, -0.2) is 37.1 Å². The predicted molar refractivity (Wildman–Crippen MR) is 68.3 cm³/mol. The number of piperazine rings is 1. The van der Waals surface area contributed by atoms with E-state index in [4.69, 9.17) is 11.6 Å². The molecule has 1 unspecified atom stereocenters. The van der Waals surface area contributed by atoms with Gasteiger partial charge in [0.15, 0.2) is 0 Å². The zero-order valence-corrected chi connectivity index (χ0v) is 10.2. The van der Waals surface area contributed by atoms with Gasteiger partial charge in [-0.05, 0) is 31.5 Å². The molecule has 86 valence electrons. The quantitative estimate of drug-likeness (QED) is 0.740. The summed E-state index contributed by atoms with van der Waals surface area (Å²) >= 11 is 6.25. The number of anilines is 1. The molecule has 0 bridgehead atoms. The Morgan fingerprint density at radius 1 is 1.12 bits per heavy atom. The summed E-state index contributed by atoms with van der Waals surface area (Å²) in [7, 11) is 0. The van der Waals surface area contributed by atoms with Crippen LogP contribution in [0.1, 0.15) is 12.8 Å². The Bertz CT molecular complexity index is 380. The van der Waals surface area contributed by atoms with Gasteiger partial charge in [0.05, 0.1) is 10.7 Å². The fourth-order valence-electron chi connectivity index (χ4n) is 2.92. The molecule has 0 saturated carbocycles. The zero-order chi connectivity index (χ0) is 11.0. The van der Waals surface area contributed by atoms with Gasteiger partial charge < -0.3 is 4.90 Å². The number of nitrogens with zero attached hydrogens (tertiary/aromatic N) is 2. The molecule has 16 heavy (non-hydrogen) atoms. The second-order valence-electron chi connectivity index (χ2n) is 4.73. The highest BCUT2D eigenvalue weighted by atomic mass is 35.5. The van der Waals surface area contributed by atoms with Crippen LogP contribution >= 0.6 is 11.6 Å². The van der Waals surface area contributed by atoms with Gasteiger partial charge in [-0.15, -0.1) is 0 Å². The van der Waals surface area contributed by atoms with E-state index in [1.807, 2.05) is 12.1 Å². The van der Waals surface area contributed by atoms with Crippen LogP contribution in [0, 0.1) is 0 Å². The Labute approximate surface area is 102 Å². The minimum atomic E-state index is 0.755. The summed E-state index contributed by atoms with van der Waals surface area (Å²) in [6.07, 6.45) is 2.71. The molecule has 2 fully saturated rings. The van der Waals surface area contributed by atoms with Crippen molar-refractivity contribution in [3.05, 3.63) is 29.3 Å². The van der Waals surface area contributed by atoms with E-state index in [1.165, 1.54) is 31.6 Å².